The van der Waals surface area contributed by atoms with E-state index in [2.05, 4.69) is 20.8 Å². The molecule has 1 aliphatic rings. The molecule has 2 N–H and O–H groups in total. The Morgan fingerprint density at radius 2 is 2.25 bits per heavy atom. The average Bonchev–Trinajstić information content (AvgIpc) is 3.06. The van der Waals surface area contributed by atoms with Crippen molar-refractivity contribution in [3.05, 3.63) is 35.1 Å². The molecule has 0 aliphatic carbocycles. The monoisotopic (exact) mass is 350 g/mol. The van der Waals surface area contributed by atoms with Gasteiger partial charge in [-0.1, -0.05) is 16.8 Å². The summed E-state index contributed by atoms with van der Waals surface area (Å²) in [5.41, 5.74) is 0.778. The lowest BCUT2D eigenvalue weighted by Gasteiger charge is -2.23. The number of hydrogen-bond acceptors (Lipinski definition) is 6. The van der Waals surface area contributed by atoms with Crippen molar-refractivity contribution in [2.45, 2.75) is 25.4 Å². The molecule has 0 radical (unpaired) electrons. The summed E-state index contributed by atoms with van der Waals surface area (Å²) in [4.78, 5) is 16.4. The highest BCUT2D eigenvalue weighted by molar-refractivity contribution is 6.30. The highest BCUT2D eigenvalue weighted by atomic mass is 35.5. The number of nitrogens with one attached hydrogen (secondary N) is 2. The van der Waals surface area contributed by atoms with Crippen molar-refractivity contribution in [2.75, 3.05) is 19.8 Å². The Morgan fingerprint density at radius 3 is 2.96 bits per heavy atom. The van der Waals surface area contributed by atoms with Crippen LogP contribution in [0.2, 0.25) is 5.02 Å². The maximum Gasteiger partial charge on any atom is 0.257 e. The first-order chi connectivity index (χ1) is 11.6. The minimum absolute atomic E-state index is 0.0425. The molecule has 1 aromatic carbocycles. The molecule has 1 aromatic heterocycles. The van der Waals surface area contributed by atoms with E-state index >= 15 is 0 Å². The summed E-state index contributed by atoms with van der Waals surface area (Å²) in [6.07, 6.45) is 0.353. The van der Waals surface area contributed by atoms with Crippen LogP contribution in [0.1, 0.15) is 25.2 Å². The van der Waals surface area contributed by atoms with Gasteiger partial charge >= 0.3 is 0 Å². The van der Waals surface area contributed by atoms with E-state index in [0.29, 0.717) is 36.4 Å². The number of rotatable bonds is 5. The van der Waals surface area contributed by atoms with Gasteiger partial charge in [0.1, 0.15) is 0 Å². The van der Waals surface area contributed by atoms with Crippen LogP contribution in [0.25, 0.3) is 11.5 Å². The number of amides is 1. The molecule has 1 saturated heterocycles. The molecule has 1 aliphatic heterocycles. The van der Waals surface area contributed by atoms with Crippen LogP contribution in [-0.4, -0.2) is 41.8 Å². The number of halogens is 1. The second-order valence-electron chi connectivity index (χ2n) is 5.68. The zero-order valence-electron chi connectivity index (χ0n) is 13.3. The van der Waals surface area contributed by atoms with Gasteiger partial charge in [-0.15, -0.1) is 0 Å². The van der Waals surface area contributed by atoms with Crippen molar-refractivity contribution >= 4 is 17.5 Å². The fourth-order valence-corrected chi connectivity index (χ4v) is 2.59. The van der Waals surface area contributed by atoms with Gasteiger partial charge in [0, 0.05) is 29.6 Å². The van der Waals surface area contributed by atoms with Gasteiger partial charge in [0.05, 0.1) is 19.3 Å². The topological polar surface area (TPSA) is 89.3 Å². The second kappa shape index (κ2) is 7.74. The summed E-state index contributed by atoms with van der Waals surface area (Å²) < 4.78 is 10.6. The molecule has 0 spiro atoms. The summed E-state index contributed by atoms with van der Waals surface area (Å²) in [5.74, 6) is 0.745. The molecule has 3 rings (SSSR count). The Kier molecular flexibility index (Phi) is 5.44. The quantitative estimate of drug-likeness (QED) is 0.856. The third-order valence-corrected chi connectivity index (χ3v) is 3.98. The number of nitrogens with zero attached hydrogens (tertiary/aromatic N) is 2. The summed E-state index contributed by atoms with van der Waals surface area (Å²) in [5, 5.41) is 10.7. The minimum Gasteiger partial charge on any atom is -0.378 e. The molecule has 8 heteroatoms. The Labute approximate surface area is 144 Å². The van der Waals surface area contributed by atoms with E-state index in [0.717, 1.165) is 12.1 Å². The van der Waals surface area contributed by atoms with Crippen LogP contribution in [-0.2, 0) is 9.53 Å². The molecule has 0 bridgehead atoms. The third kappa shape index (κ3) is 4.31. The van der Waals surface area contributed by atoms with Crippen molar-refractivity contribution in [2.24, 2.45) is 0 Å². The smallest absolute Gasteiger partial charge is 0.257 e. The van der Waals surface area contributed by atoms with Crippen LogP contribution in [0.15, 0.2) is 28.8 Å². The molecule has 0 saturated carbocycles. The Balaban J connectivity index is 1.57. The van der Waals surface area contributed by atoms with Crippen LogP contribution in [0.4, 0.5) is 0 Å². The van der Waals surface area contributed by atoms with Crippen molar-refractivity contribution in [1.29, 1.82) is 0 Å². The second-order valence-corrected chi connectivity index (χ2v) is 6.12. The van der Waals surface area contributed by atoms with Gasteiger partial charge in [0.25, 0.3) is 5.89 Å². The number of carbonyl (C=O) groups is 1. The molecule has 2 atom stereocenters. The lowest BCUT2D eigenvalue weighted by atomic mass is 10.2. The highest BCUT2D eigenvalue weighted by Crippen LogP contribution is 2.21. The fourth-order valence-electron chi connectivity index (χ4n) is 2.46. The average molecular weight is 351 g/mol. The van der Waals surface area contributed by atoms with Gasteiger partial charge in [-0.05, 0) is 31.2 Å². The molecule has 128 valence electrons. The fraction of sp³-hybridized carbons (Fsp3) is 0.438. The SMILES string of the molecule is CC(NC(=O)CC1COCCN1)c1noc(-c2ccc(Cl)cc2)n1. The number of carbonyl (C=O) groups excluding carboxylic acids is 1. The van der Waals surface area contributed by atoms with Crippen molar-refractivity contribution in [3.8, 4) is 11.5 Å². The number of benzene rings is 1. The first-order valence-corrected chi connectivity index (χ1v) is 8.19. The largest absolute Gasteiger partial charge is 0.378 e. The lowest BCUT2D eigenvalue weighted by molar-refractivity contribution is -0.123. The van der Waals surface area contributed by atoms with Crippen molar-refractivity contribution in [3.63, 3.8) is 0 Å². The van der Waals surface area contributed by atoms with Gasteiger partial charge < -0.3 is 19.9 Å². The predicted octanol–water partition coefficient (Wildman–Crippen LogP) is 1.95. The van der Waals surface area contributed by atoms with E-state index in [1.54, 1.807) is 24.3 Å². The lowest BCUT2D eigenvalue weighted by Crippen LogP contribution is -2.44. The summed E-state index contributed by atoms with van der Waals surface area (Å²) in [6, 6.07) is 6.82. The van der Waals surface area contributed by atoms with Crippen LogP contribution < -0.4 is 10.6 Å². The Bertz CT molecular complexity index is 683. The van der Waals surface area contributed by atoms with Crippen LogP contribution in [0.3, 0.4) is 0 Å². The molecular weight excluding hydrogens is 332 g/mol. The van der Waals surface area contributed by atoms with Crippen LogP contribution in [0.5, 0.6) is 0 Å². The van der Waals surface area contributed by atoms with Gasteiger partial charge in [-0.25, -0.2) is 0 Å². The van der Waals surface area contributed by atoms with Crippen LogP contribution >= 0.6 is 11.6 Å². The molecule has 1 fully saturated rings. The molecule has 2 aromatic rings. The summed E-state index contributed by atoms with van der Waals surface area (Å²) >= 11 is 5.86. The maximum absolute atomic E-state index is 12.1. The summed E-state index contributed by atoms with van der Waals surface area (Å²) in [7, 11) is 0. The molecule has 7 nitrogen and oxygen atoms in total. The number of hydrogen-bond donors (Lipinski definition) is 2. The standard InChI is InChI=1S/C16H19ClN4O3/c1-10(19-14(22)8-13-9-23-7-6-18-13)15-20-16(24-21-15)11-2-4-12(17)5-3-11/h2-5,10,13,18H,6-9H2,1H3,(H,19,22). The Hall–Kier alpha value is -1.96. The van der Waals surface area contributed by atoms with Crippen molar-refractivity contribution < 1.29 is 14.1 Å². The van der Waals surface area contributed by atoms with E-state index in [1.165, 1.54) is 0 Å². The molecule has 1 amide bonds. The van der Waals surface area contributed by atoms with Gasteiger partial charge in [0.15, 0.2) is 5.82 Å². The van der Waals surface area contributed by atoms with E-state index < -0.39 is 0 Å². The zero-order valence-corrected chi connectivity index (χ0v) is 14.0. The molecule has 24 heavy (non-hydrogen) atoms. The minimum atomic E-state index is -0.341. The first kappa shape index (κ1) is 16.9. The molecule has 2 heterocycles. The van der Waals surface area contributed by atoms with Gasteiger partial charge in [-0.2, -0.15) is 4.98 Å². The van der Waals surface area contributed by atoms with Crippen LogP contribution in [0, 0.1) is 0 Å². The number of ether oxygens (including phenoxy) is 1. The molecular formula is C16H19ClN4O3. The Morgan fingerprint density at radius 1 is 1.46 bits per heavy atom. The first-order valence-electron chi connectivity index (χ1n) is 7.82. The highest BCUT2D eigenvalue weighted by Gasteiger charge is 2.20. The maximum atomic E-state index is 12.1. The van der Waals surface area contributed by atoms with Gasteiger partial charge in [-0.3, -0.25) is 4.79 Å². The zero-order chi connectivity index (χ0) is 16.9. The normalized spacial score (nSPS) is 19.0. The third-order valence-electron chi connectivity index (χ3n) is 3.73. The number of aromatic nitrogens is 2. The molecule has 2 unspecified atom stereocenters. The van der Waals surface area contributed by atoms with E-state index in [9.17, 15) is 4.79 Å². The van der Waals surface area contributed by atoms with E-state index in [1.807, 2.05) is 6.92 Å². The van der Waals surface area contributed by atoms with Crippen molar-refractivity contribution in [1.82, 2.24) is 20.8 Å². The summed E-state index contributed by atoms with van der Waals surface area (Å²) in [6.45, 7) is 3.82. The predicted molar refractivity (Wildman–Crippen MR) is 88.5 cm³/mol. The number of morpholine rings is 1. The van der Waals surface area contributed by atoms with E-state index in [4.69, 9.17) is 20.9 Å². The van der Waals surface area contributed by atoms with Gasteiger partial charge in [0.2, 0.25) is 5.91 Å². The van der Waals surface area contributed by atoms with E-state index in [-0.39, 0.29) is 18.0 Å².